The van der Waals surface area contributed by atoms with Gasteiger partial charge in [-0.15, -0.1) is 0 Å². The van der Waals surface area contributed by atoms with Crippen molar-refractivity contribution in [3.63, 3.8) is 0 Å². The molecule has 1 fully saturated rings. The second kappa shape index (κ2) is 6.54. The molecule has 0 aromatic heterocycles. The van der Waals surface area contributed by atoms with E-state index in [0.717, 1.165) is 24.0 Å². The number of halogens is 2. The molecule has 1 amide bonds. The van der Waals surface area contributed by atoms with Crippen molar-refractivity contribution < 1.29 is 18.7 Å². The van der Waals surface area contributed by atoms with Gasteiger partial charge in [-0.3, -0.25) is 4.79 Å². The van der Waals surface area contributed by atoms with E-state index in [1.54, 1.807) is 11.8 Å². The SMILES string of the molecule is O=C(CCc1cc(F)ccc1F)NCC1(O)CCSC1. The second-order valence-corrected chi connectivity index (χ2v) is 6.14. The number of nitrogens with one attached hydrogen (secondary N) is 1. The first-order valence-electron chi connectivity index (χ1n) is 6.49. The highest BCUT2D eigenvalue weighted by Gasteiger charge is 2.31. The van der Waals surface area contributed by atoms with E-state index in [0.29, 0.717) is 12.2 Å². The number of amides is 1. The summed E-state index contributed by atoms with van der Waals surface area (Å²) in [5, 5.41) is 12.7. The largest absolute Gasteiger partial charge is 0.387 e. The minimum Gasteiger partial charge on any atom is -0.387 e. The van der Waals surface area contributed by atoms with Crippen molar-refractivity contribution in [2.75, 3.05) is 18.1 Å². The molecule has 20 heavy (non-hydrogen) atoms. The van der Waals surface area contributed by atoms with Gasteiger partial charge in [0.1, 0.15) is 11.6 Å². The average Bonchev–Trinajstić information content (AvgIpc) is 2.85. The van der Waals surface area contributed by atoms with Gasteiger partial charge in [0.2, 0.25) is 5.91 Å². The maximum absolute atomic E-state index is 13.4. The van der Waals surface area contributed by atoms with Crippen molar-refractivity contribution >= 4 is 17.7 Å². The molecule has 1 aliphatic rings. The quantitative estimate of drug-likeness (QED) is 0.873. The van der Waals surface area contributed by atoms with Crippen LogP contribution in [0.2, 0.25) is 0 Å². The zero-order valence-electron chi connectivity index (χ0n) is 11.0. The van der Waals surface area contributed by atoms with Crippen LogP contribution in [0.15, 0.2) is 18.2 Å². The Hall–Kier alpha value is -1.14. The number of thioether (sulfide) groups is 1. The van der Waals surface area contributed by atoms with Gasteiger partial charge in [0.15, 0.2) is 0 Å². The summed E-state index contributed by atoms with van der Waals surface area (Å²) in [6.07, 6.45) is 0.878. The summed E-state index contributed by atoms with van der Waals surface area (Å²) >= 11 is 1.65. The normalized spacial score (nSPS) is 21.9. The number of aliphatic hydroxyl groups is 1. The highest BCUT2D eigenvalue weighted by atomic mass is 32.2. The Morgan fingerprint density at radius 1 is 1.45 bits per heavy atom. The number of hydrogen-bond donors (Lipinski definition) is 2. The maximum atomic E-state index is 13.4. The fourth-order valence-electron chi connectivity index (χ4n) is 2.07. The van der Waals surface area contributed by atoms with Crippen molar-refractivity contribution in [3.05, 3.63) is 35.4 Å². The van der Waals surface area contributed by atoms with Crippen molar-refractivity contribution in [1.82, 2.24) is 5.32 Å². The molecule has 3 nitrogen and oxygen atoms in total. The number of benzene rings is 1. The van der Waals surface area contributed by atoms with Crippen LogP contribution in [0.25, 0.3) is 0 Å². The molecular formula is C14H17F2NO2S. The number of carbonyl (C=O) groups is 1. The lowest BCUT2D eigenvalue weighted by Gasteiger charge is -2.21. The smallest absolute Gasteiger partial charge is 0.220 e. The van der Waals surface area contributed by atoms with Gasteiger partial charge in [-0.25, -0.2) is 8.78 Å². The summed E-state index contributed by atoms with van der Waals surface area (Å²) in [6.45, 7) is 0.213. The van der Waals surface area contributed by atoms with E-state index >= 15 is 0 Å². The highest BCUT2D eigenvalue weighted by molar-refractivity contribution is 7.99. The monoisotopic (exact) mass is 301 g/mol. The predicted octanol–water partition coefficient (Wildman–Crippen LogP) is 1.88. The van der Waals surface area contributed by atoms with E-state index in [4.69, 9.17) is 0 Å². The molecule has 2 N–H and O–H groups in total. The predicted molar refractivity (Wildman–Crippen MR) is 74.6 cm³/mol. The van der Waals surface area contributed by atoms with E-state index in [1.807, 2.05) is 0 Å². The van der Waals surface area contributed by atoms with Gasteiger partial charge in [-0.05, 0) is 42.4 Å². The summed E-state index contributed by atoms with van der Waals surface area (Å²) in [4.78, 5) is 11.7. The molecule has 110 valence electrons. The van der Waals surface area contributed by atoms with Crippen LogP contribution in [-0.2, 0) is 11.2 Å². The number of hydrogen-bond acceptors (Lipinski definition) is 3. The molecule has 0 spiro atoms. The lowest BCUT2D eigenvalue weighted by molar-refractivity contribution is -0.122. The van der Waals surface area contributed by atoms with Crippen LogP contribution >= 0.6 is 11.8 Å². The highest BCUT2D eigenvalue weighted by Crippen LogP contribution is 2.26. The van der Waals surface area contributed by atoms with Crippen LogP contribution in [0.3, 0.4) is 0 Å². The molecule has 2 rings (SSSR count). The van der Waals surface area contributed by atoms with Crippen molar-refractivity contribution in [1.29, 1.82) is 0 Å². The summed E-state index contributed by atoms with van der Waals surface area (Å²) < 4.78 is 26.3. The molecule has 0 saturated carbocycles. The van der Waals surface area contributed by atoms with Crippen LogP contribution in [0, 0.1) is 11.6 Å². The van der Waals surface area contributed by atoms with Gasteiger partial charge in [0, 0.05) is 18.7 Å². The Morgan fingerprint density at radius 3 is 2.95 bits per heavy atom. The zero-order chi connectivity index (χ0) is 14.6. The Bertz CT molecular complexity index is 490. The third-order valence-electron chi connectivity index (χ3n) is 3.33. The van der Waals surface area contributed by atoms with Crippen molar-refractivity contribution in [3.8, 4) is 0 Å². The van der Waals surface area contributed by atoms with E-state index in [-0.39, 0.29) is 30.9 Å². The van der Waals surface area contributed by atoms with Gasteiger partial charge < -0.3 is 10.4 Å². The molecule has 1 atom stereocenters. The topological polar surface area (TPSA) is 49.3 Å². The molecule has 1 saturated heterocycles. The Balaban J connectivity index is 1.79. The molecule has 1 aromatic carbocycles. The first-order valence-corrected chi connectivity index (χ1v) is 7.65. The molecule has 0 radical (unpaired) electrons. The fraction of sp³-hybridized carbons (Fsp3) is 0.500. The number of carbonyl (C=O) groups excluding carboxylic acids is 1. The Morgan fingerprint density at radius 2 is 2.25 bits per heavy atom. The fourth-order valence-corrected chi connectivity index (χ4v) is 3.37. The van der Waals surface area contributed by atoms with E-state index < -0.39 is 17.2 Å². The molecule has 1 aromatic rings. The minimum atomic E-state index is -0.829. The molecule has 0 bridgehead atoms. The van der Waals surface area contributed by atoms with Gasteiger partial charge in [-0.2, -0.15) is 11.8 Å². The van der Waals surface area contributed by atoms with Gasteiger partial charge >= 0.3 is 0 Å². The van der Waals surface area contributed by atoms with Crippen molar-refractivity contribution in [2.45, 2.75) is 24.9 Å². The molecular weight excluding hydrogens is 284 g/mol. The van der Waals surface area contributed by atoms with Crippen LogP contribution in [-0.4, -0.2) is 34.7 Å². The van der Waals surface area contributed by atoms with Crippen LogP contribution in [0.1, 0.15) is 18.4 Å². The molecule has 6 heteroatoms. The Kier molecular flexibility index (Phi) is 4.99. The van der Waals surface area contributed by atoms with E-state index in [1.165, 1.54) is 0 Å². The van der Waals surface area contributed by atoms with Crippen LogP contribution < -0.4 is 5.32 Å². The minimum absolute atomic E-state index is 0.0730. The summed E-state index contributed by atoms with van der Waals surface area (Å²) in [5.74, 6) is 0.218. The Labute approximate surface area is 120 Å². The molecule has 1 unspecified atom stereocenters. The average molecular weight is 301 g/mol. The van der Waals surface area contributed by atoms with Gasteiger partial charge in [0.25, 0.3) is 0 Å². The van der Waals surface area contributed by atoms with Crippen LogP contribution in [0.5, 0.6) is 0 Å². The zero-order valence-corrected chi connectivity index (χ0v) is 11.8. The van der Waals surface area contributed by atoms with E-state index in [9.17, 15) is 18.7 Å². The first-order chi connectivity index (χ1) is 9.48. The lowest BCUT2D eigenvalue weighted by Crippen LogP contribution is -2.43. The van der Waals surface area contributed by atoms with Gasteiger partial charge in [0.05, 0.1) is 5.60 Å². The number of rotatable bonds is 5. The van der Waals surface area contributed by atoms with Crippen molar-refractivity contribution in [2.24, 2.45) is 0 Å². The summed E-state index contributed by atoms with van der Waals surface area (Å²) in [7, 11) is 0. The van der Waals surface area contributed by atoms with Gasteiger partial charge in [-0.1, -0.05) is 0 Å². The van der Waals surface area contributed by atoms with E-state index in [2.05, 4.69) is 5.32 Å². The molecule has 1 aliphatic heterocycles. The molecule has 0 aliphatic carbocycles. The second-order valence-electron chi connectivity index (χ2n) is 5.04. The standard InChI is InChI=1S/C14H17F2NO2S/c15-11-2-3-12(16)10(7-11)1-4-13(18)17-8-14(19)5-6-20-9-14/h2-3,7,19H,1,4-6,8-9H2,(H,17,18). The lowest BCUT2D eigenvalue weighted by atomic mass is 10.0. The van der Waals surface area contributed by atoms with Crippen LogP contribution in [0.4, 0.5) is 8.78 Å². The summed E-state index contributed by atoms with van der Waals surface area (Å²) in [6, 6.07) is 3.21. The number of aryl methyl sites for hydroxylation is 1. The molecule has 1 heterocycles. The summed E-state index contributed by atoms with van der Waals surface area (Å²) in [5.41, 5.74) is -0.639. The third-order valence-corrected chi connectivity index (χ3v) is 4.56. The first kappa shape index (κ1) is 15.3. The third kappa shape index (κ3) is 4.18. The maximum Gasteiger partial charge on any atom is 0.220 e.